The van der Waals surface area contributed by atoms with Crippen LogP contribution in [-0.4, -0.2) is 23.3 Å². The van der Waals surface area contributed by atoms with Gasteiger partial charge in [-0.05, 0) is 56.4 Å². The number of aryl methyl sites for hydroxylation is 2. The highest BCUT2D eigenvalue weighted by Gasteiger charge is 2.31. The quantitative estimate of drug-likeness (QED) is 0.307. The number of hydrogen-bond donors (Lipinski definition) is 1. The lowest BCUT2D eigenvalue weighted by Gasteiger charge is -2.24. The molecule has 8 heteroatoms. The van der Waals surface area contributed by atoms with E-state index >= 15 is 8.78 Å². The van der Waals surface area contributed by atoms with Gasteiger partial charge >= 0.3 is 5.97 Å². The van der Waals surface area contributed by atoms with Crippen LogP contribution in [0.2, 0.25) is 0 Å². The standard InChI is InChI=1S/C25H29BrF3NO3/c1-6-33-20(31)12-19(30-25(32)17(26)10-13(2)3)22-23(28)15(5)11-16(24(22)29)21-14(4)8-7-9-18(21)27/h7-9,11,13,17,19H,6,10,12H2,1-5H3,(H,30,32). The van der Waals surface area contributed by atoms with Gasteiger partial charge in [0.25, 0.3) is 0 Å². The van der Waals surface area contributed by atoms with Gasteiger partial charge in [-0.2, -0.15) is 0 Å². The molecule has 4 nitrogen and oxygen atoms in total. The van der Waals surface area contributed by atoms with Gasteiger partial charge in [0.15, 0.2) is 0 Å². The fraction of sp³-hybridized carbons (Fsp3) is 0.440. The van der Waals surface area contributed by atoms with E-state index in [0.29, 0.717) is 12.0 Å². The molecule has 1 amide bonds. The molecular formula is C25H29BrF3NO3. The number of amides is 1. The monoisotopic (exact) mass is 527 g/mol. The highest BCUT2D eigenvalue weighted by atomic mass is 79.9. The first-order valence-electron chi connectivity index (χ1n) is 10.8. The predicted molar refractivity (Wildman–Crippen MR) is 126 cm³/mol. The minimum atomic E-state index is -1.34. The number of rotatable bonds is 9. The molecule has 0 aromatic heterocycles. The van der Waals surface area contributed by atoms with Gasteiger partial charge in [-0.15, -0.1) is 0 Å². The molecule has 2 aromatic carbocycles. The Morgan fingerprint density at radius 1 is 1.09 bits per heavy atom. The molecule has 33 heavy (non-hydrogen) atoms. The van der Waals surface area contributed by atoms with Crippen LogP contribution in [0.15, 0.2) is 24.3 Å². The van der Waals surface area contributed by atoms with Crippen molar-refractivity contribution in [2.24, 2.45) is 5.92 Å². The van der Waals surface area contributed by atoms with Gasteiger partial charge in [0.05, 0.1) is 23.9 Å². The average Bonchev–Trinajstić information content (AvgIpc) is 2.71. The van der Waals surface area contributed by atoms with E-state index in [1.165, 1.54) is 25.1 Å². The van der Waals surface area contributed by atoms with Crippen LogP contribution in [0.1, 0.15) is 56.3 Å². The molecule has 0 spiro atoms. The molecule has 0 saturated carbocycles. The third kappa shape index (κ3) is 6.59. The van der Waals surface area contributed by atoms with E-state index in [1.807, 2.05) is 13.8 Å². The highest BCUT2D eigenvalue weighted by molar-refractivity contribution is 9.10. The van der Waals surface area contributed by atoms with Gasteiger partial charge < -0.3 is 10.1 Å². The summed E-state index contributed by atoms with van der Waals surface area (Å²) in [5.41, 5.74) is -0.115. The summed E-state index contributed by atoms with van der Waals surface area (Å²) in [5.74, 6) is -3.64. The van der Waals surface area contributed by atoms with Gasteiger partial charge in [-0.1, -0.05) is 41.9 Å². The Bertz CT molecular complexity index is 1010. The van der Waals surface area contributed by atoms with Crippen LogP contribution in [0.25, 0.3) is 11.1 Å². The zero-order valence-electron chi connectivity index (χ0n) is 19.4. The predicted octanol–water partition coefficient (Wildman–Crippen LogP) is 6.31. The SMILES string of the molecule is CCOC(=O)CC(NC(=O)C(Br)CC(C)C)c1c(F)c(C)cc(-c2c(C)cccc2F)c1F. The minimum Gasteiger partial charge on any atom is -0.466 e. The summed E-state index contributed by atoms with van der Waals surface area (Å²) < 4.78 is 50.6. The smallest absolute Gasteiger partial charge is 0.308 e. The van der Waals surface area contributed by atoms with Gasteiger partial charge in [0, 0.05) is 16.7 Å². The largest absolute Gasteiger partial charge is 0.466 e. The lowest BCUT2D eigenvalue weighted by molar-refractivity contribution is -0.143. The summed E-state index contributed by atoms with van der Waals surface area (Å²) in [5, 5.41) is 2.58. The lowest BCUT2D eigenvalue weighted by atomic mass is 9.91. The van der Waals surface area contributed by atoms with Crippen molar-refractivity contribution in [2.45, 2.75) is 58.3 Å². The second-order valence-corrected chi connectivity index (χ2v) is 9.49. The molecule has 2 unspecified atom stereocenters. The number of benzene rings is 2. The minimum absolute atomic E-state index is 0.00117. The van der Waals surface area contributed by atoms with Crippen LogP contribution >= 0.6 is 15.9 Å². The Kier molecular flexibility index (Phi) is 9.52. The van der Waals surface area contributed by atoms with E-state index in [4.69, 9.17) is 4.74 Å². The Morgan fingerprint density at radius 2 is 1.76 bits per heavy atom. The number of alkyl halides is 1. The second-order valence-electron chi connectivity index (χ2n) is 8.38. The highest BCUT2D eigenvalue weighted by Crippen LogP contribution is 2.36. The molecule has 0 aliphatic carbocycles. The van der Waals surface area contributed by atoms with Crippen molar-refractivity contribution in [3.05, 3.63) is 58.4 Å². The average molecular weight is 528 g/mol. The van der Waals surface area contributed by atoms with Crippen molar-refractivity contribution in [1.29, 1.82) is 0 Å². The molecule has 0 radical (unpaired) electrons. The summed E-state index contributed by atoms with van der Waals surface area (Å²) in [6.45, 7) is 8.59. The Labute approximate surface area is 201 Å². The Hall–Kier alpha value is -2.35. The van der Waals surface area contributed by atoms with Crippen LogP contribution in [0.3, 0.4) is 0 Å². The summed E-state index contributed by atoms with van der Waals surface area (Å²) in [4.78, 5) is 24.4. The molecule has 0 aliphatic heterocycles. The van der Waals surface area contributed by atoms with Crippen molar-refractivity contribution in [2.75, 3.05) is 6.61 Å². The summed E-state index contributed by atoms with van der Waals surface area (Å²) in [7, 11) is 0. The van der Waals surface area contributed by atoms with E-state index < -0.39 is 52.2 Å². The summed E-state index contributed by atoms with van der Waals surface area (Å²) in [6, 6.07) is 4.20. The maximum Gasteiger partial charge on any atom is 0.308 e. The van der Waals surface area contributed by atoms with Gasteiger partial charge in [0.2, 0.25) is 5.91 Å². The van der Waals surface area contributed by atoms with Crippen LogP contribution in [-0.2, 0) is 14.3 Å². The molecule has 0 saturated heterocycles. The second kappa shape index (κ2) is 11.7. The molecule has 0 bridgehead atoms. The number of carbonyl (C=O) groups excluding carboxylic acids is 2. The van der Waals surface area contributed by atoms with Crippen LogP contribution in [0, 0.1) is 37.2 Å². The van der Waals surface area contributed by atoms with Gasteiger partial charge in [-0.3, -0.25) is 9.59 Å². The fourth-order valence-electron chi connectivity index (χ4n) is 3.65. The third-order valence-corrected chi connectivity index (χ3v) is 6.00. The molecule has 0 aliphatic rings. The molecule has 2 atom stereocenters. The van der Waals surface area contributed by atoms with Gasteiger partial charge in [-0.25, -0.2) is 13.2 Å². The van der Waals surface area contributed by atoms with Gasteiger partial charge in [0.1, 0.15) is 17.5 Å². The number of esters is 1. The number of ether oxygens (including phenoxy) is 1. The molecule has 1 N–H and O–H groups in total. The molecular weight excluding hydrogens is 499 g/mol. The molecule has 2 aromatic rings. The first kappa shape index (κ1) is 26.9. The van der Waals surface area contributed by atoms with E-state index in [2.05, 4.69) is 21.2 Å². The van der Waals surface area contributed by atoms with Crippen molar-refractivity contribution >= 4 is 27.8 Å². The van der Waals surface area contributed by atoms with Crippen molar-refractivity contribution in [3.63, 3.8) is 0 Å². The maximum atomic E-state index is 15.8. The zero-order valence-corrected chi connectivity index (χ0v) is 21.0. The molecule has 2 rings (SSSR count). The molecule has 0 fully saturated rings. The fourth-order valence-corrected chi connectivity index (χ4v) is 4.53. The van der Waals surface area contributed by atoms with E-state index in [0.717, 1.165) is 0 Å². The van der Waals surface area contributed by atoms with E-state index in [-0.39, 0.29) is 29.2 Å². The number of nitrogens with one attached hydrogen (secondary N) is 1. The maximum absolute atomic E-state index is 15.8. The van der Waals surface area contributed by atoms with Crippen LogP contribution < -0.4 is 5.32 Å². The number of carbonyl (C=O) groups is 2. The van der Waals surface area contributed by atoms with Crippen molar-refractivity contribution in [3.8, 4) is 11.1 Å². The van der Waals surface area contributed by atoms with E-state index in [1.54, 1.807) is 19.9 Å². The number of hydrogen-bond acceptors (Lipinski definition) is 3. The Morgan fingerprint density at radius 3 is 2.33 bits per heavy atom. The van der Waals surface area contributed by atoms with Crippen LogP contribution in [0.5, 0.6) is 0 Å². The topological polar surface area (TPSA) is 55.4 Å². The summed E-state index contributed by atoms with van der Waals surface area (Å²) in [6.07, 6.45) is 0.00434. The van der Waals surface area contributed by atoms with Crippen molar-refractivity contribution in [1.82, 2.24) is 5.32 Å². The van der Waals surface area contributed by atoms with E-state index in [9.17, 15) is 14.0 Å². The zero-order chi connectivity index (χ0) is 24.9. The van der Waals surface area contributed by atoms with Crippen molar-refractivity contribution < 1.29 is 27.5 Å². The molecule has 0 heterocycles. The van der Waals surface area contributed by atoms with Crippen LogP contribution in [0.4, 0.5) is 13.2 Å². The Balaban J connectivity index is 2.63. The lowest BCUT2D eigenvalue weighted by Crippen LogP contribution is -2.37. The summed E-state index contributed by atoms with van der Waals surface area (Å²) >= 11 is 3.30. The molecule has 180 valence electrons. The first-order valence-corrected chi connectivity index (χ1v) is 11.7. The first-order chi connectivity index (χ1) is 15.5. The normalized spacial score (nSPS) is 13.0. The number of halogens is 4. The third-order valence-electron chi connectivity index (χ3n) is 5.21.